The summed E-state index contributed by atoms with van der Waals surface area (Å²) in [7, 11) is 3.96. The van der Waals surface area contributed by atoms with E-state index >= 15 is 0 Å². The molecule has 0 aliphatic carbocycles. The van der Waals surface area contributed by atoms with Crippen molar-refractivity contribution in [2.45, 2.75) is 43.9 Å². The summed E-state index contributed by atoms with van der Waals surface area (Å²) in [5, 5.41) is 6.62. The first-order valence-corrected chi connectivity index (χ1v) is 11.9. The van der Waals surface area contributed by atoms with Gasteiger partial charge in [0.05, 0.1) is 0 Å². The molecule has 5 nitrogen and oxygen atoms in total. The number of pyridine rings is 1. The van der Waals surface area contributed by atoms with Crippen molar-refractivity contribution in [3.63, 3.8) is 0 Å². The largest absolute Gasteiger partial charge is 0.352 e. The molecular weight excluding hydrogens is 390 g/mol. The lowest BCUT2D eigenvalue weighted by Crippen LogP contribution is -2.22. The van der Waals surface area contributed by atoms with E-state index in [0.29, 0.717) is 24.2 Å². The zero-order chi connectivity index (χ0) is 19.6. The average molecular weight is 416 g/mol. The Morgan fingerprint density at radius 3 is 2.79 bits per heavy atom. The van der Waals surface area contributed by atoms with Gasteiger partial charge in [-0.15, -0.1) is 0 Å². The Bertz CT molecular complexity index is 780. The van der Waals surface area contributed by atoms with E-state index in [1.807, 2.05) is 45.9 Å². The number of rotatable bonds is 9. The second kappa shape index (κ2) is 11.1. The average Bonchev–Trinajstić information content (AvgIpc) is 3.24. The molecule has 1 aliphatic heterocycles. The molecule has 0 radical (unpaired) electrons. The van der Waals surface area contributed by atoms with Gasteiger partial charge in [-0.25, -0.2) is 0 Å². The summed E-state index contributed by atoms with van der Waals surface area (Å²) in [5.41, 5.74) is 2.23. The Morgan fingerprint density at radius 2 is 2.00 bits per heavy atom. The third-order valence-electron chi connectivity index (χ3n) is 4.52. The van der Waals surface area contributed by atoms with Crippen LogP contribution in [0.1, 0.15) is 48.0 Å². The molecule has 0 spiro atoms. The quantitative estimate of drug-likeness (QED) is 0.460. The van der Waals surface area contributed by atoms with Gasteiger partial charge in [0.2, 0.25) is 5.91 Å². The Labute approximate surface area is 173 Å². The van der Waals surface area contributed by atoms with E-state index in [2.05, 4.69) is 15.6 Å². The number of hydrogen-bond donors (Lipinski definition) is 2. The van der Waals surface area contributed by atoms with Crippen LogP contribution in [0, 0.1) is 0 Å². The zero-order valence-corrected chi connectivity index (χ0v) is 17.4. The number of hydrogen-bond acceptors (Lipinski definition) is 5. The Morgan fingerprint density at radius 1 is 1.14 bits per heavy atom. The van der Waals surface area contributed by atoms with Crippen LogP contribution in [-0.4, -0.2) is 27.8 Å². The summed E-state index contributed by atoms with van der Waals surface area (Å²) in [6, 6.07) is 10.9. The second-order valence-electron chi connectivity index (χ2n) is 6.74. The fourth-order valence-electron chi connectivity index (χ4n) is 2.98. The molecule has 1 aromatic carbocycles. The number of benzene rings is 1. The highest BCUT2D eigenvalue weighted by Gasteiger charge is 2.15. The van der Waals surface area contributed by atoms with E-state index in [-0.39, 0.29) is 11.8 Å². The minimum Gasteiger partial charge on any atom is -0.352 e. The van der Waals surface area contributed by atoms with Crippen molar-refractivity contribution in [1.29, 1.82) is 0 Å². The van der Waals surface area contributed by atoms with E-state index in [4.69, 9.17) is 0 Å². The molecule has 148 valence electrons. The van der Waals surface area contributed by atoms with Gasteiger partial charge >= 0.3 is 0 Å². The minimum atomic E-state index is -0.178. The molecule has 1 fully saturated rings. The molecule has 1 aromatic heterocycles. The van der Waals surface area contributed by atoms with E-state index < -0.39 is 0 Å². The standard InChI is InChI=1S/C21H25N3O2S2/c25-20(7-2-1-6-19-10-13-27-28-19)23-15-16-4-3-5-18(14-16)24-21(26)17-8-11-22-12-9-17/h3-5,8-9,11-12,14,19H,1-2,6-7,10,13,15H2,(H,23,25)(H,24,26). The first-order chi connectivity index (χ1) is 13.7. The Balaban J connectivity index is 1.39. The van der Waals surface area contributed by atoms with Crippen LogP contribution in [0.3, 0.4) is 0 Å². The van der Waals surface area contributed by atoms with Crippen molar-refractivity contribution in [3.8, 4) is 0 Å². The van der Waals surface area contributed by atoms with Gasteiger partial charge in [-0.2, -0.15) is 0 Å². The maximum Gasteiger partial charge on any atom is 0.255 e. The predicted molar refractivity (Wildman–Crippen MR) is 117 cm³/mol. The molecule has 1 aliphatic rings. The van der Waals surface area contributed by atoms with Gasteiger partial charge in [-0.05, 0) is 49.1 Å². The van der Waals surface area contributed by atoms with Gasteiger partial charge in [0.1, 0.15) is 0 Å². The van der Waals surface area contributed by atoms with E-state index in [9.17, 15) is 9.59 Å². The SMILES string of the molecule is O=C(CCCCC1CCSS1)NCc1cccc(NC(=O)c2ccncc2)c1. The second-order valence-corrected chi connectivity index (χ2v) is 9.53. The van der Waals surface area contributed by atoms with Crippen molar-refractivity contribution in [3.05, 3.63) is 59.9 Å². The number of carbonyl (C=O) groups is 2. The highest BCUT2D eigenvalue weighted by Crippen LogP contribution is 2.39. The monoisotopic (exact) mass is 415 g/mol. The molecule has 0 bridgehead atoms. The fraction of sp³-hybridized carbons (Fsp3) is 0.381. The summed E-state index contributed by atoms with van der Waals surface area (Å²) in [5.74, 6) is 1.17. The summed E-state index contributed by atoms with van der Waals surface area (Å²) in [6.45, 7) is 0.465. The molecule has 3 rings (SSSR count). The van der Waals surface area contributed by atoms with Crippen LogP contribution in [0.25, 0.3) is 0 Å². The van der Waals surface area contributed by atoms with Crippen LogP contribution in [0.2, 0.25) is 0 Å². The van der Waals surface area contributed by atoms with Crippen LogP contribution in [0.15, 0.2) is 48.8 Å². The van der Waals surface area contributed by atoms with Crippen LogP contribution in [-0.2, 0) is 11.3 Å². The van der Waals surface area contributed by atoms with Gasteiger partial charge in [-0.3, -0.25) is 14.6 Å². The maximum atomic E-state index is 12.2. The van der Waals surface area contributed by atoms with Crippen molar-refractivity contribution in [2.75, 3.05) is 11.1 Å². The molecule has 2 amide bonds. The molecule has 1 atom stereocenters. The molecule has 2 N–H and O–H groups in total. The van der Waals surface area contributed by atoms with E-state index in [0.717, 1.165) is 23.7 Å². The maximum absolute atomic E-state index is 12.2. The van der Waals surface area contributed by atoms with Gasteiger partial charge in [0.15, 0.2) is 0 Å². The predicted octanol–water partition coefficient (Wildman–Crippen LogP) is 4.66. The van der Waals surface area contributed by atoms with Crippen LogP contribution in [0.5, 0.6) is 0 Å². The normalized spacial score (nSPS) is 15.9. The van der Waals surface area contributed by atoms with Crippen LogP contribution >= 0.6 is 21.6 Å². The number of anilines is 1. The summed E-state index contributed by atoms with van der Waals surface area (Å²) < 4.78 is 0. The molecule has 1 unspecified atom stereocenters. The first-order valence-electron chi connectivity index (χ1n) is 9.56. The highest BCUT2D eigenvalue weighted by atomic mass is 33.1. The van der Waals surface area contributed by atoms with Crippen molar-refractivity contribution < 1.29 is 9.59 Å². The van der Waals surface area contributed by atoms with Gasteiger partial charge < -0.3 is 10.6 Å². The Hall–Kier alpha value is -1.99. The molecular formula is C21H25N3O2S2. The Kier molecular flexibility index (Phi) is 8.23. The molecule has 28 heavy (non-hydrogen) atoms. The smallest absolute Gasteiger partial charge is 0.255 e. The minimum absolute atomic E-state index is 0.0830. The lowest BCUT2D eigenvalue weighted by atomic mass is 10.1. The van der Waals surface area contributed by atoms with Crippen molar-refractivity contribution in [1.82, 2.24) is 10.3 Å². The third kappa shape index (κ3) is 6.87. The zero-order valence-electron chi connectivity index (χ0n) is 15.7. The molecule has 1 saturated heterocycles. The highest BCUT2D eigenvalue weighted by molar-refractivity contribution is 8.77. The molecule has 2 heterocycles. The fourth-order valence-corrected chi connectivity index (χ4v) is 6.00. The topological polar surface area (TPSA) is 71.1 Å². The van der Waals surface area contributed by atoms with Crippen molar-refractivity contribution >= 4 is 39.1 Å². The lowest BCUT2D eigenvalue weighted by Gasteiger charge is -2.09. The van der Waals surface area contributed by atoms with Gasteiger partial charge in [-0.1, -0.05) is 40.1 Å². The van der Waals surface area contributed by atoms with Crippen molar-refractivity contribution in [2.24, 2.45) is 0 Å². The van der Waals surface area contributed by atoms with E-state index in [1.54, 1.807) is 24.5 Å². The summed E-state index contributed by atoms with van der Waals surface area (Å²) in [4.78, 5) is 28.2. The van der Waals surface area contributed by atoms with Gasteiger partial charge in [0, 0.05) is 47.6 Å². The molecule has 7 heteroatoms. The summed E-state index contributed by atoms with van der Waals surface area (Å²) >= 11 is 0. The summed E-state index contributed by atoms with van der Waals surface area (Å²) in [6.07, 6.45) is 8.32. The molecule has 2 aromatic rings. The molecule has 0 saturated carbocycles. The number of carbonyl (C=O) groups excluding carboxylic acids is 2. The lowest BCUT2D eigenvalue weighted by molar-refractivity contribution is -0.121. The first kappa shape index (κ1) is 20.7. The van der Waals surface area contributed by atoms with Gasteiger partial charge in [0.25, 0.3) is 5.91 Å². The number of unbranched alkanes of at least 4 members (excludes halogenated alkanes) is 1. The van der Waals surface area contributed by atoms with Crippen LogP contribution in [0.4, 0.5) is 5.69 Å². The number of nitrogens with one attached hydrogen (secondary N) is 2. The van der Waals surface area contributed by atoms with Crippen LogP contribution < -0.4 is 10.6 Å². The number of aromatic nitrogens is 1. The number of amides is 2. The van der Waals surface area contributed by atoms with E-state index in [1.165, 1.54) is 18.6 Å². The third-order valence-corrected chi connectivity index (χ3v) is 7.53. The number of nitrogens with zero attached hydrogens (tertiary/aromatic N) is 1.